The van der Waals surface area contributed by atoms with Crippen molar-refractivity contribution in [2.24, 2.45) is 0 Å². The molecule has 6 heteroatoms. The molecule has 0 fully saturated rings. The highest BCUT2D eigenvalue weighted by Gasteiger charge is 2.49. The van der Waals surface area contributed by atoms with E-state index in [4.69, 9.17) is 14.4 Å². The van der Waals surface area contributed by atoms with Gasteiger partial charge in [-0.3, -0.25) is 0 Å². The maximum atomic E-state index is 6.32. The topological polar surface area (TPSA) is 50.3 Å². The molecule has 4 aromatic heterocycles. The summed E-state index contributed by atoms with van der Waals surface area (Å²) < 4.78 is 8.71. The molecular formula is C130H85N5O. The predicted octanol–water partition coefficient (Wildman–Crippen LogP) is 34.1. The number of hydrogen-bond donors (Lipinski definition) is 0. The van der Waals surface area contributed by atoms with E-state index in [1.54, 1.807) is 0 Å². The van der Waals surface area contributed by atoms with Crippen molar-refractivity contribution in [3.8, 4) is 72.7 Å². The van der Waals surface area contributed by atoms with Crippen molar-refractivity contribution >= 4 is 121 Å². The summed E-state index contributed by atoms with van der Waals surface area (Å²) in [6, 6.07) is 187. The van der Waals surface area contributed by atoms with Gasteiger partial charge >= 0.3 is 0 Å². The molecule has 0 aliphatic heterocycles. The number of nitrogens with zero attached hydrogens (tertiary/aromatic N) is 5. The number of furan rings is 1. The molecule has 21 aromatic carbocycles. The van der Waals surface area contributed by atoms with Crippen molar-refractivity contribution in [1.82, 2.24) is 14.5 Å². The van der Waals surface area contributed by atoms with Crippen LogP contribution in [0.3, 0.4) is 0 Å². The second-order valence-electron chi connectivity index (χ2n) is 35.6. The Hall–Kier alpha value is -17.8. The summed E-state index contributed by atoms with van der Waals surface area (Å²) in [6.45, 7) is 0. The van der Waals surface area contributed by atoms with Crippen molar-refractivity contribution in [3.63, 3.8) is 0 Å². The Morgan fingerprint density at radius 2 is 0.522 bits per heavy atom. The summed E-state index contributed by atoms with van der Waals surface area (Å²) in [5, 5.41) is 11.8. The summed E-state index contributed by atoms with van der Waals surface area (Å²) in [5.41, 5.74) is 36.8. The molecule has 4 heterocycles. The lowest BCUT2D eigenvalue weighted by Gasteiger charge is -2.34. The zero-order chi connectivity index (χ0) is 89.8. The third-order valence-corrected chi connectivity index (χ3v) is 28.4. The molecule has 0 radical (unpaired) electrons. The van der Waals surface area contributed by atoms with Crippen LogP contribution in [0.4, 0.5) is 34.1 Å². The average molecular weight is 1730 g/mol. The molecule has 636 valence electrons. The van der Waals surface area contributed by atoms with Crippen LogP contribution in [0.15, 0.2) is 520 Å². The van der Waals surface area contributed by atoms with Gasteiger partial charge in [-0.15, -0.1) is 0 Å². The van der Waals surface area contributed by atoms with Gasteiger partial charge in [-0.25, -0.2) is 9.97 Å². The fourth-order valence-electron chi connectivity index (χ4n) is 22.5. The number of aromatic nitrogens is 3. The van der Waals surface area contributed by atoms with Gasteiger partial charge in [0.2, 0.25) is 0 Å². The zero-order valence-electron chi connectivity index (χ0n) is 74.2. The predicted molar refractivity (Wildman–Crippen MR) is 566 cm³/mol. The molecule has 0 saturated heterocycles. The van der Waals surface area contributed by atoms with Crippen LogP contribution in [0.25, 0.3) is 160 Å². The zero-order valence-corrected chi connectivity index (χ0v) is 74.2. The van der Waals surface area contributed by atoms with E-state index in [-0.39, 0.29) is 0 Å². The second-order valence-corrected chi connectivity index (χ2v) is 35.6. The number of fused-ring (bicyclic) bond motifs is 20. The van der Waals surface area contributed by atoms with E-state index in [2.05, 4.69) is 518 Å². The maximum absolute atomic E-state index is 6.32. The van der Waals surface area contributed by atoms with Gasteiger partial charge in [-0.05, 0) is 198 Å². The first-order chi connectivity index (χ1) is 67.5. The van der Waals surface area contributed by atoms with E-state index >= 15 is 0 Å². The van der Waals surface area contributed by atoms with Gasteiger partial charge in [0.1, 0.15) is 11.2 Å². The van der Waals surface area contributed by atoms with Gasteiger partial charge in [0.25, 0.3) is 0 Å². The van der Waals surface area contributed by atoms with Crippen LogP contribution >= 0.6 is 0 Å². The Bertz CT molecular complexity index is 8840. The summed E-state index contributed by atoms with van der Waals surface area (Å²) >= 11 is 0. The summed E-state index contributed by atoms with van der Waals surface area (Å²) in [5.74, 6) is 0. The second kappa shape index (κ2) is 32.6. The molecule has 0 atom stereocenters. The van der Waals surface area contributed by atoms with E-state index in [0.29, 0.717) is 0 Å². The number of benzene rings is 21. The van der Waals surface area contributed by atoms with E-state index in [9.17, 15) is 0 Å². The van der Waals surface area contributed by atoms with Crippen LogP contribution in [-0.2, 0) is 10.8 Å². The normalized spacial score (nSPS) is 12.7. The van der Waals surface area contributed by atoms with Crippen LogP contribution in [0, 0.1) is 0 Å². The Labute approximate surface area is 788 Å². The van der Waals surface area contributed by atoms with Gasteiger partial charge in [0.15, 0.2) is 0 Å². The number of hydrogen-bond acceptors (Lipinski definition) is 5. The monoisotopic (exact) mass is 1730 g/mol. The van der Waals surface area contributed by atoms with Gasteiger partial charge in [-0.1, -0.05) is 400 Å². The fraction of sp³-hybridized carbons (Fsp3) is 0.0154. The molecule has 25 aromatic rings. The molecule has 6 nitrogen and oxygen atoms in total. The summed E-state index contributed by atoms with van der Waals surface area (Å²) in [4.78, 5) is 15.5. The highest BCUT2D eigenvalue weighted by atomic mass is 16.3. The molecule has 0 amide bonds. The van der Waals surface area contributed by atoms with E-state index < -0.39 is 10.8 Å². The number of para-hydroxylation sites is 7. The van der Waals surface area contributed by atoms with Crippen LogP contribution in [0.5, 0.6) is 0 Å². The Morgan fingerprint density at radius 1 is 0.206 bits per heavy atom. The lowest BCUT2D eigenvalue weighted by atomic mass is 9.67. The molecule has 0 saturated carbocycles. The van der Waals surface area contributed by atoms with E-state index in [1.165, 1.54) is 99.3 Å². The molecule has 0 unspecified atom stereocenters. The minimum atomic E-state index is -0.486. The van der Waals surface area contributed by atoms with Gasteiger partial charge in [0.05, 0.1) is 44.3 Å². The van der Waals surface area contributed by atoms with Crippen LogP contribution in [-0.4, -0.2) is 14.5 Å². The minimum absolute atomic E-state index is 0.482. The third-order valence-electron chi connectivity index (χ3n) is 28.4. The van der Waals surface area contributed by atoms with Gasteiger partial charge < -0.3 is 18.8 Å². The first-order valence-electron chi connectivity index (χ1n) is 46.7. The van der Waals surface area contributed by atoms with E-state index in [0.717, 1.165) is 139 Å². The number of anilines is 6. The van der Waals surface area contributed by atoms with Crippen molar-refractivity contribution in [2.75, 3.05) is 9.80 Å². The standard InChI is InChI=1S/C68H45N3.C62H40N2O/c1-5-19-49(20-6-1)68(50-21-7-2-8-22-50)60-30-16-13-28-57(60)66-61(68)44-43-59-65(66)58-29-14-17-31-62(58)69-67(59)48-35-33-46(34-36-48)47-37-39-53(40-38-47)70(51-23-9-3-10-24-51)54-41-42-56-55-27-15-18-32-63(55)71(64(56)45-54)52-25-11-4-12-26-52;1-4-16-44(17-5-1)62(45-18-6-2-7-19-45)54-25-13-10-23-51(54)60-55(62)39-38-53-59(60)52-24-11-14-26-56(52)63-61(53)43-30-28-41(29-31-43)42-32-34-47(35-33-42)64(46-20-8-3-9-21-46)48-36-37-50-49-22-12-15-27-57(49)65-58(50)40-48/h1-45H;1-40H. The summed E-state index contributed by atoms with van der Waals surface area (Å²) in [6.07, 6.45) is 0. The van der Waals surface area contributed by atoms with Gasteiger partial charge in [0, 0.05) is 111 Å². The molecule has 2 aliphatic carbocycles. The Kier molecular flexibility index (Phi) is 19.0. The summed E-state index contributed by atoms with van der Waals surface area (Å²) in [7, 11) is 0. The van der Waals surface area contributed by atoms with Gasteiger partial charge in [-0.2, -0.15) is 0 Å². The quantitative estimate of drug-likeness (QED) is 0.0958. The molecule has 0 bridgehead atoms. The molecular weight excluding hydrogens is 1650 g/mol. The highest BCUT2D eigenvalue weighted by Crippen LogP contribution is 2.62. The van der Waals surface area contributed by atoms with E-state index in [1.807, 2.05) is 12.1 Å². The molecule has 136 heavy (non-hydrogen) atoms. The van der Waals surface area contributed by atoms with Crippen LogP contribution in [0.1, 0.15) is 44.5 Å². The number of pyridine rings is 2. The fourth-order valence-corrected chi connectivity index (χ4v) is 22.5. The lowest BCUT2D eigenvalue weighted by molar-refractivity contribution is 0.669. The van der Waals surface area contributed by atoms with Crippen LogP contribution < -0.4 is 9.80 Å². The Balaban J connectivity index is 0.000000142. The first-order valence-corrected chi connectivity index (χ1v) is 46.7. The lowest BCUT2D eigenvalue weighted by Crippen LogP contribution is -2.28. The molecule has 2 aliphatic rings. The maximum Gasteiger partial charge on any atom is 0.137 e. The van der Waals surface area contributed by atoms with Crippen molar-refractivity contribution in [1.29, 1.82) is 0 Å². The van der Waals surface area contributed by atoms with Crippen molar-refractivity contribution in [3.05, 3.63) is 560 Å². The largest absolute Gasteiger partial charge is 0.456 e. The molecule has 27 rings (SSSR count). The average Bonchev–Trinajstić information content (AvgIpc) is 1.52. The third kappa shape index (κ3) is 12.7. The molecule has 0 spiro atoms. The minimum Gasteiger partial charge on any atom is -0.456 e. The first kappa shape index (κ1) is 79.1. The number of rotatable bonds is 15. The smallest absolute Gasteiger partial charge is 0.137 e. The van der Waals surface area contributed by atoms with Crippen LogP contribution in [0.2, 0.25) is 0 Å². The Morgan fingerprint density at radius 3 is 0.978 bits per heavy atom. The highest BCUT2D eigenvalue weighted by molar-refractivity contribution is 6.22. The SMILES string of the molecule is c1ccc(N(c2ccc(-c3ccc(-c4nc5ccccc5c5c6c(ccc45)C(c4ccccc4)(c4ccccc4)c4ccccc4-6)cc3)cc2)c2ccc3c(c2)oc2ccccc23)cc1.c1ccc(N(c2ccc(-c3ccc(-c4nc5ccccc5c5c6c(ccc45)C(c4ccccc4)(c4ccccc4)c4ccccc4-6)cc3)cc2)c2ccc3c4ccccc4n(-c4ccccc4)c3c2)cc1. The van der Waals surface area contributed by atoms with Crippen molar-refractivity contribution in [2.45, 2.75) is 10.8 Å². The van der Waals surface area contributed by atoms with Crippen molar-refractivity contribution < 1.29 is 4.42 Å². The molecule has 0 N–H and O–H groups in total.